The number of hydrogen-bond donors (Lipinski definition) is 2. The average Bonchev–Trinajstić information content (AvgIpc) is 3.16. The molecule has 1 aliphatic heterocycles. The molecule has 1 saturated heterocycles. The summed E-state index contributed by atoms with van der Waals surface area (Å²) in [4.78, 5) is 26.7. The van der Waals surface area contributed by atoms with Gasteiger partial charge in [0, 0.05) is 18.5 Å². The van der Waals surface area contributed by atoms with E-state index in [2.05, 4.69) is 25.7 Å². The first kappa shape index (κ1) is 21.4. The van der Waals surface area contributed by atoms with E-state index >= 15 is 0 Å². The number of aromatic nitrogens is 2. The van der Waals surface area contributed by atoms with E-state index in [9.17, 15) is 9.59 Å². The number of carbonyl (C=O) groups is 2. The van der Waals surface area contributed by atoms with Gasteiger partial charge in [-0.15, -0.1) is 10.2 Å². The maximum Gasteiger partial charge on any atom is 0.282 e. The van der Waals surface area contributed by atoms with Crippen LogP contribution in [0.15, 0.2) is 24.3 Å². The summed E-state index contributed by atoms with van der Waals surface area (Å²) in [5, 5.41) is 15.3. The van der Waals surface area contributed by atoms with Gasteiger partial charge in [-0.2, -0.15) is 0 Å². The van der Waals surface area contributed by atoms with Crippen LogP contribution in [-0.2, 0) is 17.9 Å². The smallest absolute Gasteiger partial charge is 0.282 e. The summed E-state index contributed by atoms with van der Waals surface area (Å²) in [5.41, 5.74) is 2.25. The summed E-state index contributed by atoms with van der Waals surface area (Å²) < 4.78 is 0. The van der Waals surface area contributed by atoms with Crippen LogP contribution < -0.4 is 10.6 Å². The van der Waals surface area contributed by atoms with Gasteiger partial charge in [-0.3, -0.25) is 14.5 Å². The van der Waals surface area contributed by atoms with Gasteiger partial charge >= 0.3 is 0 Å². The van der Waals surface area contributed by atoms with Gasteiger partial charge in [0.05, 0.1) is 6.54 Å². The van der Waals surface area contributed by atoms with Crippen LogP contribution in [0.4, 0.5) is 0 Å². The van der Waals surface area contributed by atoms with Crippen molar-refractivity contribution in [3.8, 4) is 0 Å². The number of amides is 2. The number of hydrogen-bond acceptors (Lipinski definition) is 6. The van der Waals surface area contributed by atoms with Crippen LogP contribution in [0.5, 0.6) is 0 Å². The molecule has 0 atom stereocenters. The van der Waals surface area contributed by atoms with Crippen LogP contribution >= 0.6 is 11.3 Å². The minimum atomic E-state index is -0.196. The second-order valence-corrected chi connectivity index (χ2v) is 8.95. The van der Waals surface area contributed by atoms with E-state index in [0.29, 0.717) is 18.1 Å². The number of aryl methyl sites for hydroxylation is 1. The molecule has 2 N–H and O–H groups in total. The van der Waals surface area contributed by atoms with E-state index in [-0.39, 0.29) is 23.8 Å². The Morgan fingerprint density at radius 2 is 1.86 bits per heavy atom. The Kier molecular flexibility index (Phi) is 7.33. The molecule has 29 heavy (non-hydrogen) atoms. The van der Waals surface area contributed by atoms with Crippen molar-refractivity contribution in [2.45, 2.75) is 52.7 Å². The molecule has 0 saturated carbocycles. The predicted molar refractivity (Wildman–Crippen MR) is 114 cm³/mol. The summed E-state index contributed by atoms with van der Waals surface area (Å²) in [6, 6.07) is 8.25. The molecule has 0 unspecified atom stereocenters. The fraction of sp³-hybridized carbons (Fsp3) is 0.524. The molecule has 0 aliphatic carbocycles. The fourth-order valence-electron chi connectivity index (χ4n) is 3.32. The van der Waals surface area contributed by atoms with Gasteiger partial charge in [-0.1, -0.05) is 41.2 Å². The number of rotatable bonds is 7. The molecule has 8 heteroatoms. The maximum absolute atomic E-state index is 12.3. The van der Waals surface area contributed by atoms with E-state index in [0.717, 1.165) is 36.5 Å². The van der Waals surface area contributed by atoms with Gasteiger partial charge in [0.1, 0.15) is 5.01 Å². The van der Waals surface area contributed by atoms with E-state index in [1.54, 1.807) is 0 Å². The second kappa shape index (κ2) is 9.93. The van der Waals surface area contributed by atoms with Gasteiger partial charge in [-0.25, -0.2) is 0 Å². The van der Waals surface area contributed by atoms with Crippen molar-refractivity contribution in [3.63, 3.8) is 0 Å². The first-order valence-electron chi connectivity index (χ1n) is 10.1. The molecule has 7 nitrogen and oxygen atoms in total. The quantitative estimate of drug-likeness (QED) is 0.726. The monoisotopic (exact) mass is 415 g/mol. The standard InChI is InChI=1S/C21H29N5O2S/c1-14(2)23-19(27)17-8-10-26(11-9-17)13-18-24-25-21(29-18)20(28)22-12-16-6-4-15(3)5-7-16/h4-7,14,17H,8-13H2,1-3H3,(H,22,28)(H,23,27). The average molecular weight is 416 g/mol. The third kappa shape index (κ3) is 6.33. The molecule has 1 aliphatic rings. The highest BCUT2D eigenvalue weighted by molar-refractivity contribution is 7.13. The molecule has 156 valence electrons. The van der Waals surface area contributed by atoms with Crippen molar-refractivity contribution in [3.05, 3.63) is 45.4 Å². The highest BCUT2D eigenvalue weighted by atomic mass is 32.1. The van der Waals surface area contributed by atoms with Crippen LogP contribution in [0.2, 0.25) is 0 Å². The zero-order chi connectivity index (χ0) is 20.8. The molecular formula is C21H29N5O2S. The largest absolute Gasteiger partial charge is 0.354 e. The summed E-state index contributed by atoms with van der Waals surface area (Å²) in [7, 11) is 0. The Hall–Kier alpha value is -2.32. The highest BCUT2D eigenvalue weighted by Gasteiger charge is 2.26. The number of carbonyl (C=O) groups excluding carboxylic acids is 2. The first-order valence-corrected chi connectivity index (χ1v) is 10.9. The molecule has 2 amide bonds. The number of likely N-dealkylation sites (tertiary alicyclic amines) is 1. The van der Waals surface area contributed by atoms with Crippen LogP contribution in [0.3, 0.4) is 0 Å². The topological polar surface area (TPSA) is 87.2 Å². The fourth-order valence-corrected chi connectivity index (χ4v) is 4.12. The lowest BCUT2D eigenvalue weighted by Gasteiger charge is -2.30. The lowest BCUT2D eigenvalue weighted by atomic mass is 9.95. The molecule has 1 fully saturated rings. The Bertz CT molecular complexity index is 826. The van der Waals surface area contributed by atoms with Gasteiger partial charge in [0.2, 0.25) is 10.9 Å². The zero-order valence-corrected chi connectivity index (χ0v) is 18.1. The molecule has 3 rings (SSSR count). The van der Waals surface area contributed by atoms with Crippen molar-refractivity contribution in [2.75, 3.05) is 13.1 Å². The minimum absolute atomic E-state index is 0.0891. The van der Waals surface area contributed by atoms with Crippen molar-refractivity contribution < 1.29 is 9.59 Å². The van der Waals surface area contributed by atoms with Crippen molar-refractivity contribution in [2.24, 2.45) is 5.92 Å². The van der Waals surface area contributed by atoms with Gasteiger partial charge in [0.25, 0.3) is 5.91 Å². The van der Waals surface area contributed by atoms with E-state index in [4.69, 9.17) is 0 Å². The first-order chi connectivity index (χ1) is 13.9. The van der Waals surface area contributed by atoms with Crippen molar-refractivity contribution >= 4 is 23.2 Å². The predicted octanol–water partition coefficient (Wildman–Crippen LogP) is 2.51. The van der Waals surface area contributed by atoms with Gasteiger partial charge < -0.3 is 10.6 Å². The van der Waals surface area contributed by atoms with E-state index in [1.807, 2.05) is 45.0 Å². The second-order valence-electron chi connectivity index (χ2n) is 7.88. The lowest BCUT2D eigenvalue weighted by molar-refractivity contribution is -0.127. The van der Waals surface area contributed by atoms with Crippen LogP contribution in [0.1, 0.15) is 52.6 Å². The molecular weight excluding hydrogens is 386 g/mol. The molecule has 1 aromatic heterocycles. The normalized spacial score (nSPS) is 15.4. The summed E-state index contributed by atoms with van der Waals surface area (Å²) >= 11 is 1.33. The summed E-state index contributed by atoms with van der Waals surface area (Å²) in [6.45, 7) is 8.85. The molecule has 1 aromatic carbocycles. The van der Waals surface area contributed by atoms with Crippen LogP contribution in [0.25, 0.3) is 0 Å². The lowest BCUT2D eigenvalue weighted by Crippen LogP contribution is -2.42. The van der Waals surface area contributed by atoms with Crippen molar-refractivity contribution in [1.82, 2.24) is 25.7 Å². The number of benzene rings is 1. The minimum Gasteiger partial charge on any atom is -0.354 e. The van der Waals surface area contributed by atoms with E-state index < -0.39 is 0 Å². The Morgan fingerprint density at radius 1 is 1.17 bits per heavy atom. The number of nitrogens with zero attached hydrogens (tertiary/aromatic N) is 3. The van der Waals surface area contributed by atoms with Gasteiger partial charge in [-0.05, 0) is 52.3 Å². The van der Waals surface area contributed by atoms with Gasteiger partial charge in [0.15, 0.2) is 0 Å². The van der Waals surface area contributed by atoms with Crippen LogP contribution in [0, 0.1) is 12.8 Å². The summed E-state index contributed by atoms with van der Waals surface area (Å²) in [6.07, 6.45) is 1.70. The SMILES string of the molecule is Cc1ccc(CNC(=O)c2nnc(CN3CCC(C(=O)NC(C)C)CC3)s2)cc1. The molecule has 0 radical (unpaired) electrons. The summed E-state index contributed by atoms with van der Waals surface area (Å²) in [5.74, 6) is 0.0488. The third-order valence-electron chi connectivity index (χ3n) is 4.98. The molecule has 0 spiro atoms. The van der Waals surface area contributed by atoms with Crippen LogP contribution in [-0.4, -0.2) is 46.0 Å². The Balaban J connectivity index is 1.45. The van der Waals surface area contributed by atoms with E-state index in [1.165, 1.54) is 16.9 Å². The third-order valence-corrected chi connectivity index (χ3v) is 5.89. The molecule has 2 aromatic rings. The molecule has 0 bridgehead atoms. The number of piperidine rings is 1. The maximum atomic E-state index is 12.3. The Labute approximate surface area is 175 Å². The number of nitrogens with one attached hydrogen (secondary N) is 2. The Morgan fingerprint density at radius 3 is 2.52 bits per heavy atom. The van der Waals surface area contributed by atoms with Crippen molar-refractivity contribution in [1.29, 1.82) is 0 Å². The highest BCUT2D eigenvalue weighted by Crippen LogP contribution is 2.20. The molecule has 2 heterocycles. The zero-order valence-electron chi connectivity index (χ0n) is 17.3.